The Labute approximate surface area is 191 Å². The molecule has 1 saturated carbocycles. The van der Waals surface area contributed by atoms with E-state index in [0.29, 0.717) is 30.7 Å². The van der Waals surface area contributed by atoms with Crippen molar-refractivity contribution in [2.45, 2.75) is 38.1 Å². The third-order valence-corrected chi connectivity index (χ3v) is 6.41. The Morgan fingerprint density at radius 3 is 2.85 bits per heavy atom. The SMILES string of the molecule is COc1cccc(CNC(=O)C2CC(=O)N(c3cccc(-c4noc(C5CCC5)n4)c3)C2)c1. The molecule has 2 fully saturated rings. The quantitative estimate of drug-likeness (QED) is 0.595. The summed E-state index contributed by atoms with van der Waals surface area (Å²) in [7, 11) is 1.61. The van der Waals surface area contributed by atoms with Crippen molar-refractivity contribution < 1.29 is 18.8 Å². The van der Waals surface area contributed by atoms with E-state index in [0.717, 1.165) is 35.4 Å². The highest BCUT2D eigenvalue weighted by Crippen LogP contribution is 2.36. The smallest absolute Gasteiger partial charge is 0.230 e. The van der Waals surface area contributed by atoms with Gasteiger partial charge in [-0.05, 0) is 42.7 Å². The van der Waals surface area contributed by atoms with Crippen LogP contribution in [0.2, 0.25) is 0 Å². The van der Waals surface area contributed by atoms with Crippen LogP contribution >= 0.6 is 0 Å². The summed E-state index contributed by atoms with van der Waals surface area (Å²) in [4.78, 5) is 31.6. The summed E-state index contributed by atoms with van der Waals surface area (Å²) < 4.78 is 10.7. The predicted octanol–water partition coefficient (Wildman–Crippen LogP) is 3.68. The van der Waals surface area contributed by atoms with Crippen LogP contribution in [0.1, 0.15) is 43.1 Å². The first-order valence-electron chi connectivity index (χ1n) is 11.3. The topological polar surface area (TPSA) is 97.6 Å². The van der Waals surface area contributed by atoms with Crippen LogP contribution in [-0.4, -0.2) is 35.6 Å². The van der Waals surface area contributed by atoms with Gasteiger partial charge < -0.3 is 19.5 Å². The number of aromatic nitrogens is 2. The summed E-state index contributed by atoms with van der Waals surface area (Å²) >= 11 is 0. The van der Waals surface area contributed by atoms with Crippen molar-refractivity contribution in [2.24, 2.45) is 5.92 Å². The molecule has 1 unspecified atom stereocenters. The molecular weight excluding hydrogens is 420 g/mol. The highest BCUT2D eigenvalue weighted by molar-refractivity contribution is 6.00. The Hall–Kier alpha value is -3.68. The van der Waals surface area contributed by atoms with Crippen molar-refractivity contribution in [1.82, 2.24) is 15.5 Å². The molecule has 3 aromatic rings. The van der Waals surface area contributed by atoms with Crippen LogP contribution in [0.15, 0.2) is 53.1 Å². The van der Waals surface area contributed by atoms with Gasteiger partial charge in [0.2, 0.25) is 23.5 Å². The molecule has 0 radical (unpaired) electrons. The third kappa shape index (κ3) is 4.46. The molecule has 1 aliphatic carbocycles. The third-order valence-electron chi connectivity index (χ3n) is 6.41. The van der Waals surface area contributed by atoms with Gasteiger partial charge in [0.1, 0.15) is 5.75 Å². The molecule has 1 aliphatic heterocycles. The van der Waals surface area contributed by atoms with E-state index in [9.17, 15) is 9.59 Å². The van der Waals surface area contributed by atoms with Gasteiger partial charge in [0, 0.05) is 36.7 Å². The Kier molecular flexibility index (Phi) is 5.81. The van der Waals surface area contributed by atoms with E-state index in [4.69, 9.17) is 9.26 Å². The molecule has 5 rings (SSSR count). The van der Waals surface area contributed by atoms with Crippen LogP contribution < -0.4 is 15.0 Å². The maximum atomic E-state index is 12.7. The maximum absolute atomic E-state index is 12.7. The average Bonchev–Trinajstić information content (AvgIpc) is 3.44. The van der Waals surface area contributed by atoms with Crippen molar-refractivity contribution in [3.8, 4) is 17.1 Å². The minimum atomic E-state index is -0.401. The minimum Gasteiger partial charge on any atom is -0.497 e. The molecule has 0 spiro atoms. The largest absolute Gasteiger partial charge is 0.497 e. The van der Waals surface area contributed by atoms with Gasteiger partial charge in [-0.2, -0.15) is 4.98 Å². The first-order chi connectivity index (χ1) is 16.1. The maximum Gasteiger partial charge on any atom is 0.230 e. The van der Waals surface area contributed by atoms with E-state index < -0.39 is 5.92 Å². The summed E-state index contributed by atoms with van der Waals surface area (Å²) in [6.07, 6.45) is 3.56. The normalized spacial score (nSPS) is 18.3. The van der Waals surface area contributed by atoms with Crippen LogP contribution in [-0.2, 0) is 16.1 Å². The number of methoxy groups -OCH3 is 1. The van der Waals surface area contributed by atoms with Gasteiger partial charge >= 0.3 is 0 Å². The number of anilines is 1. The molecule has 8 heteroatoms. The minimum absolute atomic E-state index is 0.0723. The first-order valence-corrected chi connectivity index (χ1v) is 11.3. The lowest BCUT2D eigenvalue weighted by Gasteiger charge is -2.20. The Balaban J connectivity index is 1.24. The lowest BCUT2D eigenvalue weighted by Crippen LogP contribution is -2.32. The van der Waals surface area contributed by atoms with Crippen molar-refractivity contribution >= 4 is 17.5 Å². The summed E-state index contributed by atoms with van der Waals surface area (Å²) in [5.74, 6) is 1.72. The van der Waals surface area contributed by atoms with E-state index in [1.807, 2.05) is 48.5 Å². The van der Waals surface area contributed by atoms with Gasteiger partial charge in [-0.1, -0.05) is 35.8 Å². The zero-order chi connectivity index (χ0) is 22.8. The number of hydrogen-bond donors (Lipinski definition) is 1. The highest BCUT2D eigenvalue weighted by Gasteiger charge is 2.35. The number of carbonyl (C=O) groups is 2. The van der Waals surface area contributed by atoms with Crippen molar-refractivity contribution in [2.75, 3.05) is 18.6 Å². The zero-order valence-electron chi connectivity index (χ0n) is 18.5. The van der Waals surface area contributed by atoms with E-state index in [-0.39, 0.29) is 18.2 Å². The first kappa shape index (κ1) is 21.2. The lowest BCUT2D eigenvalue weighted by molar-refractivity contribution is -0.126. The molecule has 2 heterocycles. The monoisotopic (exact) mass is 446 g/mol. The fraction of sp³-hybridized carbons (Fsp3) is 0.360. The number of hydrogen-bond acceptors (Lipinski definition) is 6. The number of nitrogens with zero attached hydrogens (tertiary/aromatic N) is 3. The second-order valence-electron chi connectivity index (χ2n) is 8.61. The molecule has 2 amide bonds. The number of carbonyl (C=O) groups excluding carboxylic acids is 2. The molecule has 2 aromatic carbocycles. The molecule has 33 heavy (non-hydrogen) atoms. The molecule has 1 N–H and O–H groups in total. The van der Waals surface area contributed by atoms with Crippen molar-refractivity contribution in [1.29, 1.82) is 0 Å². The van der Waals surface area contributed by atoms with E-state index in [1.54, 1.807) is 12.0 Å². The number of amides is 2. The summed E-state index contributed by atoms with van der Waals surface area (Å²) in [5.41, 5.74) is 2.47. The molecule has 8 nitrogen and oxygen atoms in total. The molecular formula is C25H26N4O4. The van der Waals surface area contributed by atoms with Crippen LogP contribution in [0, 0.1) is 5.92 Å². The van der Waals surface area contributed by atoms with Gasteiger partial charge in [0.25, 0.3) is 0 Å². The number of benzene rings is 2. The van der Waals surface area contributed by atoms with E-state index >= 15 is 0 Å². The molecule has 1 aromatic heterocycles. The van der Waals surface area contributed by atoms with E-state index in [1.165, 1.54) is 6.42 Å². The van der Waals surface area contributed by atoms with Gasteiger partial charge in [0.05, 0.1) is 13.0 Å². The van der Waals surface area contributed by atoms with Gasteiger partial charge in [0.15, 0.2) is 0 Å². The second kappa shape index (κ2) is 9.05. The van der Waals surface area contributed by atoms with Crippen molar-refractivity contribution in [3.05, 3.63) is 60.0 Å². The van der Waals surface area contributed by atoms with Crippen LogP contribution in [0.5, 0.6) is 5.75 Å². The van der Waals surface area contributed by atoms with Crippen LogP contribution in [0.25, 0.3) is 11.4 Å². The van der Waals surface area contributed by atoms with Crippen LogP contribution in [0.4, 0.5) is 5.69 Å². The average molecular weight is 447 g/mol. The second-order valence-corrected chi connectivity index (χ2v) is 8.61. The fourth-order valence-corrected chi connectivity index (χ4v) is 4.24. The number of rotatable bonds is 7. The van der Waals surface area contributed by atoms with E-state index in [2.05, 4.69) is 15.5 Å². The number of ether oxygens (including phenoxy) is 1. The Morgan fingerprint density at radius 2 is 2.06 bits per heavy atom. The summed E-state index contributed by atoms with van der Waals surface area (Å²) in [5, 5.41) is 7.06. The van der Waals surface area contributed by atoms with Gasteiger partial charge in [-0.15, -0.1) is 0 Å². The van der Waals surface area contributed by atoms with Gasteiger partial charge in [-0.3, -0.25) is 9.59 Å². The fourth-order valence-electron chi connectivity index (χ4n) is 4.24. The highest BCUT2D eigenvalue weighted by atomic mass is 16.5. The molecule has 0 bridgehead atoms. The lowest BCUT2D eigenvalue weighted by atomic mass is 9.85. The van der Waals surface area contributed by atoms with Gasteiger partial charge in [-0.25, -0.2) is 0 Å². The standard InChI is InChI=1S/C25H26N4O4/c1-32-21-10-2-5-16(11-21)14-26-24(31)19-13-22(30)29(15-19)20-9-4-8-18(12-20)23-27-25(33-28-23)17-6-3-7-17/h2,4-5,8-12,17,19H,3,6-7,13-15H2,1H3,(H,26,31). The van der Waals surface area contributed by atoms with Crippen LogP contribution in [0.3, 0.4) is 0 Å². The Bertz CT molecular complexity index is 1170. The zero-order valence-corrected chi connectivity index (χ0v) is 18.5. The molecule has 1 saturated heterocycles. The summed E-state index contributed by atoms with van der Waals surface area (Å²) in [6, 6.07) is 15.1. The summed E-state index contributed by atoms with van der Waals surface area (Å²) in [6.45, 7) is 0.725. The predicted molar refractivity (Wildman–Crippen MR) is 122 cm³/mol. The molecule has 2 aliphatic rings. The van der Waals surface area contributed by atoms with Crippen molar-refractivity contribution in [3.63, 3.8) is 0 Å². The molecule has 1 atom stereocenters. The Morgan fingerprint density at radius 1 is 1.21 bits per heavy atom. The number of nitrogens with one attached hydrogen (secondary N) is 1. The molecule has 170 valence electrons.